The van der Waals surface area contributed by atoms with E-state index in [9.17, 15) is 14.7 Å². The minimum atomic E-state index is -0.475. The van der Waals surface area contributed by atoms with Crippen LogP contribution in [0, 0.1) is 0 Å². The fraction of sp³-hybridized carbons (Fsp3) is 0.680. The number of amides is 3. The molecule has 4 aliphatic rings. The highest BCUT2D eigenvalue weighted by atomic mass is 16.6. The predicted molar refractivity (Wildman–Crippen MR) is 123 cm³/mol. The number of carbonyl (C=O) groups is 2. The van der Waals surface area contributed by atoms with Crippen molar-refractivity contribution in [1.29, 1.82) is 0 Å². The Morgan fingerprint density at radius 3 is 2.64 bits per heavy atom. The van der Waals surface area contributed by atoms with E-state index in [1.165, 1.54) is 19.3 Å². The number of nitrogens with zero attached hydrogens (tertiary/aromatic N) is 1. The molecule has 5 rings (SSSR count). The molecule has 1 aromatic rings. The maximum atomic E-state index is 12.8. The van der Waals surface area contributed by atoms with Crippen molar-refractivity contribution in [2.24, 2.45) is 0 Å². The maximum absolute atomic E-state index is 12.8. The molecule has 0 aromatic heterocycles. The molecule has 1 aromatic carbocycles. The van der Waals surface area contributed by atoms with Crippen LogP contribution in [-0.2, 0) is 9.53 Å². The number of likely N-dealkylation sites (tertiary alicyclic amines) is 1. The zero-order chi connectivity index (χ0) is 22.8. The first-order valence-electron chi connectivity index (χ1n) is 12.5. The molecule has 3 fully saturated rings. The zero-order valence-corrected chi connectivity index (χ0v) is 19.1. The van der Waals surface area contributed by atoms with Crippen molar-refractivity contribution in [3.05, 3.63) is 23.8 Å². The number of hydrogen-bond acceptors (Lipinski definition) is 5. The molecule has 0 bridgehead atoms. The van der Waals surface area contributed by atoms with E-state index >= 15 is 0 Å². The van der Waals surface area contributed by atoms with E-state index in [0.29, 0.717) is 12.8 Å². The van der Waals surface area contributed by atoms with Crippen LogP contribution in [0.4, 0.5) is 10.5 Å². The summed E-state index contributed by atoms with van der Waals surface area (Å²) < 4.78 is 12.3. The first-order chi connectivity index (χ1) is 16.1. The molecule has 0 spiro atoms. The molecule has 3 amide bonds. The molecular weight excluding hydrogens is 422 g/mol. The van der Waals surface area contributed by atoms with Crippen molar-refractivity contribution in [3.63, 3.8) is 0 Å². The monoisotopic (exact) mass is 457 g/mol. The Morgan fingerprint density at radius 2 is 1.88 bits per heavy atom. The molecule has 180 valence electrons. The summed E-state index contributed by atoms with van der Waals surface area (Å²) in [6, 6.07) is 5.77. The van der Waals surface area contributed by atoms with Gasteiger partial charge in [-0.15, -0.1) is 0 Å². The quantitative estimate of drug-likeness (QED) is 0.631. The van der Waals surface area contributed by atoms with Crippen LogP contribution in [0.25, 0.3) is 0 Å². The predicted octanol–water partition coefficient (Wildman–Crippen LogP) is 3.15. The number of piperidine rings is 1. The molecule has 3 aliphatic heterocycles. The van der Waals surface area contributed by atoms with E-state index in [0.717, 1.165) is 55.8 Å². The van der Waals surface area contributed by atoms with Crippen LogP contribution in [-0.4, -0.2) is 66.0 Å². The summed E-state index contributed by atoms with van der Waals surface area (Å²) in [4.78, 5) is 27.2. The van der Waals surface area contributed by atoms with E-state index in [1.54, 1.807) is 0 Å². The molecule has 33 heavy (non-hydrogen) atoms. The van der Waals surface area contributed by atoms with Crippen LogP contribution in [0.15, 0.2) is 18.2 Å². The number of aliphatic hydroxyl groups excluding tert-OH is 1. The fourth-order valence-electron chi connectivity index (χ4n) is 5.86. The Hall–Kier alpha value is -2.32. The lowest BCUT2D eigenvalue weighted by molar-refractivity contribution is -0.149. The third-order valence-corrected chi connectivity index (χ3v) is 7.56. The van der Waals surface area contributed by atoms with Crippen molar-refractivity contribution >= 4 is 17.6 Å². The van der Waals surface area contributed by atoms with E-state index in [2.05, 4.69) is 10.6 Å². The van der Waals surface area contributed by atoms with Gasteiger partial charge < -0.3 is 30.1 Å². The summed E-state index contributed by atoms with van der Waals surface area (Å²) in [5, 5.41) is 16.0. The molecule has 1 saturated carbocycles. The fourth-order valence-corrected chi connectivity index (χ4v) is 5.86. The molecule has 3 heterocycles. The van der Waals surface area contributed by atoms with Crippen LogP contribution in [0.3, 0.4) is 0 Å². The summed E-state index contributed by atoms with van der Waals surface area (Å²) in [5.41, 5.74) is 1.73. The van der Waals surface area contributed by atoms with Crippen molar-refractivity contribution in [1.82, 2.24) is 10.2 Å². The maximum Gasteiger partial charge on any atom is 0.319 e. The summed E-state index contributed by atoms with van der Waals surface area (Å²) in [6.45, 7) is 1.49. The van der Waals surface area contributed by atoms with Gasteiger partial charge in [0.1, 0.15) is 18.0 Å². The van der Waals surface area contributed by atoms with Gasteiger partial charge in [0.15, 0.2) is 0 Å². The molecule has 4 atom stereocenters. The smallest absolute Gasteiger partial charge is 0.319 e. The SMILES string of the molecule is O=C(Nc1ccc2c(c1)[C@H]1C[C@@H](CC(=O)N3CCCCC3)O[C@H](CO)[C@H]1O2)NC1CCCC1. The Kier molecular flexibility index (Phi) is 6.74. The highest BCUT2D eigenvalue weighted by molar-refractivity contribution is 5.89. The Balaban J connectivity index is 1.26. The third-order valence-electron chi connectivity index (χ3n) is 7.56. The molecule has 0 unspecified atom stereocenters. The summed E-state index contributed by atoms with van der Waals surface area (Å²) >= 11 is 0. The first-order valence-corrected chi connectivity index (χ1v) is 12.5. The number of rotatable bonds is 5. The highest BCUT2D eigenvalue weighted by Gasteiger charge is 2.46. The van der Waals surface area contributed by atoms with Gasteiger partial charge in [-0.2, -0.15) is 0 Å². The van der Waals surface area contributed by atoms with E-state index in [-0.39, 0.29) is 42.7 Å². The lowest BCUT2D eigenvalue weighted by Crippen LogP contribution is -2.48. The van der Waals surface area contributed by atoms with Gasteiger partial charge in [0, 0.05) is 36.3 Å². The molecule has 8 heteroatoms. The average Bonchev–Trinajstić information content (AvgIpc) is 3.46. The summed E-state index contributed by atoms with van der Waals surface area (Å²) in [7, 11) is 0. The lowest BCUT2D eigenvalue weighted by atomic mass is 9.84. The third kappa shape index (κ3) is 4.96. The minimum Gasteiger partial charge on any atom is -0.487 e. The number of nitrogens with one attached hydrogen (secondary N) is 2. The number of ether oxygens (including phenoxy) is 2. The Morgan fingerprint density at radius 1 is 1.09 bits per heavy atom. The second kappa shape index (κ2) is 9.89. The number of anilines is 1. The largest absolute Gasteiger partial charge is 0.487 e. The normalized spacial score (nSPS) is 29.2. The molecule has 3 N–H and O–H groups in total. The number of urea groups is 1. The van der Waals surface area contributed by atoms with Crippen LogP contribution in [0.2, 0.25) is 0 Å². The van der Waals surface area contributed by atoms with Gasteiger partial charge in [-0.3, -0.25) is 4.79 Å². The van der Waals surface area contributed by atoms with Crippen LogP contribution < -0.4 is 15.4 Å². The first kappa shape index (κ1) is 22.5. The molecule has 2 saturated heterocycles. The van der Waals surface area contributed by atoms with Gasteiger partial charge >= 0.3 is 6.03 Å². The van der Waals surface area contributed by atoms with Gasteiger partial charge in [-0.1, -0.05) is 12.8 Å². The molecule has 1 aliphatic carbocycles. The summed E-state index contributed by atoms with van der Waals surface area (Å²) in [5.74, 6) is 0.912. The Labute approximate surface area is 195 Å². The van der Waals surface area contributed by atoms with Gasteiger partial charge in [0.2, 0.25) is 5.91 Å². The van der Waals surface area contributed by atoms with Crippen molar-refractivity contribution < 1.29 is 24.2 Å². The molecule has 8 nitrogen and oxygen atoms in total. The average molecular weight is 458 g/mol. The van der Waals surface area contributed by atoms with Gasteiger partial charge in [-0.05, 0) is 56.7 Å². The number of hydrogen-bond donors (Lipinski definition) is 3. The zero-order valence-electron chi connectivity index (χ0n) is 19.1. The van der Waals surface area contributed by atoms with Crippen LogP contribution in [0.1, 0.15) is 69.3 Å². The second-order valence-corrected chi connectivity index (χ2v) is 9.88. The highest BCUT2D eigenvalue weighted by Crippen LogP contribution is 2.47. The van der Waals surface area contributed by atoms with Crippen molar-refractivity contribution in [2.45, 2.75) is 88.1 Å². The topological polar surface area (TPSA) is 100 Å². The van der Waals surface area contributed by atoms with E-state index < -0.39 is 6.10 Å². The number of aliphatic hydroxyl groups is 1. The summed E-state index contributed by atoms with van der Waals surface area (Å²) in [6.07, 6.45) is 7.69. The lowest BCUT2D eigenvalue weighted by Gasteiger charge is -2.38. The van der Waals surface area contributed by atoms with Crippen molar-refractivity contribution in [3.8, 4) is 5.75 Å². The standard InChI is InChI=1S/C25H35N3O5/c29-15-22-24-20(13-18(32-22)14-23(30)28-10-4-1-5-11-28)19-12-17(8-9-21(19)33-24)27-25(31)26-16-6-2-3-7-16/h8-9,12,16,18,20,22,24,29H,1-7,10-11,13-15H2,(H2,26,27,31)/t18-,20+,22+,24-/m0/s1. The Bertz CT molecular complexity index is 866. The molecule has 0 radical (unpaired) electrons. The minimum absolute atomic E-state index is 0.0182. The second-order valence-electron chi connectivity index (χ2n) is 9.88. The number of carbonyl (C=O) groups excluding carboxylic acids is 2. The van der Waals surface area contributed by atoms with Crippen LogP contribution in [0.5, 0.6) is 5.75 Å². The van der Waals surface area contributed by atoms with Gasteiger partial charge in [0.05, 0.1) is 19.1 Å². The van der Waals surface area contributed by atoms with E-state index in [1.807, 2.05) is 23.1 Å². The van der Waals surface area contributed by atoms with Gasteiger partial charge in [0.25, 0.3) is 0 Å². The van der Waals surface area contributed by atoms with Gasteiger partial charge in [-0.25, -0.2) is 4.79 Å². The number of benzene rings is 1. The van der Waals surface area contributed by atoms with Crippen LogP contribution >= 0.6 is 0 Å². The number of fused-ring (bicyclic) bond motifs is 3. The van der Waals surface area contributed by atoms with E-state index in [4.69, 9.17) is 9.47 Å². The van der Waals surface area contributed by atoms with Crippen molar-refractivity contribution in [2.75, 3.05) is 25.0 Å². The molecular formula is C25H35N3O5.